The van der Waals surface area contributed by atoms with E-state index in [0.717, 1.165) is 16.7 Å². The van der Waals surface area contributed by atoms with Crippen molar-refractivity contribution in [2.75, 3.05) is 14.2 Å². The number of halogens is 1. The molecule has 0 aliphatic heterocycles. The third-order valence-electron chi connectivity index (χ3n) is 2.86. The normalized spacial score (nSPS) is 10.2. The standard InChI is InChI=1S/C15H15FO2/c1-10-4-5-12(16)8-15(10)11-6-13(17-2)9-14(7-11)18-3/h4-9H,1-3H3. The molecule has 0 saturated carbocycles. The van der Waals surface area contributed by atoms with E-state index in [-0.39, 0.29) is 5.82 Å². The van der Waals surface area contributed by atoms with E-state index in [2.05, 4.69) is 0 Å². The zero-order valence-corrected chi connectivity index (χ0v) is 10.7. The van der Waals surface area contributed by atoms with Gasteiger partial charge < -0.3 is 9.47 Å². The highest BCUT2D eigenvalue weighted by atomic mass is 19.1. The maximum atomic E-state index is 13.3. The number of hydrogen-bond acceptors (Lipinski definition) is 2. The molecule has 94 valence electrons. The SMILES string of the molecule is COc1cc(OC)cc(-c2cc(F)ccc2C)c1. The first-order chi connectivity index (χ1) is 8.63. The van der Waals surface area contributed by atoms with Gasteiger partial charge in [-0.25, -0.2) is 4.39 Å². The summed E-state index contributed by atoms with van der Waals surface area (Å²) in [5.74, 6) is 1.12. The Morgan fingerprint density at radius 2 is 1.50 bits per heavy atom. The predicted octanol–water partition coefficient (Wildman–Crippen LogP) is 3.82. The van der Waals surface area contributed by atoms with E-state index in [4.69, 9.17) is 9.47 Å². The molecule has 0 aliphatic carbocycles. The van der Waals surface area contributed by atoms with Gasteiger partial charge in [0.05, 0.1) is 14.2 Å². The largest absolute Gasteiger partial charge is 0.497 e. The third-order valence-corrected chi connectivity index (χ3v) is 2.86. The maximum absolute atomic E-state index is 13.3. The van der Waals surface area contributed by atoms with Crippen molar-refractivity contribution < 1.29 is 13.9 Å². The summed E-state index contributed by atoms with van der Waals surface area (Å²) >= 11 is 0. The van der Waals surface area contributed by atoms with Gasteiger partial charge in [-0.15, -0.1) is 0 Å². The van der Waals surface area contributed by atoms with Gasteiger partial charge in [-0.1, -0.05) is 6.07 Å². The topological polar surface area (TPSA) is 18.5 Å². The fraction of sp³-hybridized carbons (Fsp3) is 0.200. The number of aryl methyl sites for hydroxylation is 1. The van der Waals surface area contributed by atoms with Gasteiger partial charge in [0, 0.05) is 6.07 Å². The van der Waals surface area contributed by atoms with Gasteiger partial charge in [0.15, 0.2) is 0 Å². The predicted molar refractivity (Wildman–Crippen MR) is 69.7 cm³/mol. The first-order valence-corrected chi connectivity index (χ1v) is 5.63. The van der Waals surface area contributed by atoms with Gasteiger partial charge in [0.25, 0.3) is 0 Å². The molecule has 2 aromatic carbocycles. The minimum Gasteiger partial charge on any atom is -0.497 e. The number of benzene rings is 2. The number of hydrogen-bond donors (Lipinski definition) is 0. The van der Waals surface area contributed by atoms with Gasteiger partial charge >= 0.3 is 0 Å². The molecule has 0 atom stereocenters. The van der Waals surface area contributed by atoms with Crippen LogP contribution in [0.4, 0.5) is 4.39 Å². The molecule has 0 bridgehead atoms. The fourth-order valence-electron chi connectivity index (χ4n) is 1.87. The quantitative estimate of drug-likeness (QED) is 0.819. The molecule has 0 unspecified atom stereocenters. The molecule has 18 heavy (non-hydrogen) atoms. The molecule has 0 amide bonds. The van der Waals surface area contributed by atoms with Crippen molar-refractivity contribution in [2.45, 2.75) is 6.92 Å². The lowest BCUT2D eigenvalue weighted by Crippen LogP contribution is -1.91. The molecule has 0 fully saturated rings. The van der Waals surface area contributed by atoms with Gasteiger partial charge in [0.1, 0.15) is 17.3 Å². The molecule has 2 rings (SSSR count). The monoisotopic (exact) mass is 246 g/mol. The number of methoxy groups -OCH3 is 2. The molecule has 3 heteroatoms. The van der Waals surface area contributed by atoms with Gasteiger partial charge in [-0.3, -0.25) is 0 Å². The summed E-state index contributed by atoms with van der Waals surface area (Å²) in [6.45, 7) is 1.95. The van der Waals surface area contributed by atoms with E-state index in [1.807, 2.05) is 19.1 Å². The second-order valence-electron chi connectivity index (χ2n) is 4.06. The second kappa shape index (κ2) is 5.08. The minimum atomic E-state index is -0.252. The Balaban J connectivity index is 2.58. The van der Waals surface area contributed by atoms with E-state index in [9.17, 15) is 4.39 Å². The Hall–Kier alpha value is -2.03. The van der Waals surface area contributed by atoms with Crippen LogP contribution >= 0.6 is 0 Å². The van der Waals surface area contributed by atoms with Crippen LogP contribution in [0.25, 0.3) is 11.1 Å². The molecular formula is C15H15FO2. The summed E-state index contributed by atoms with van der Waals surface area (Å²) in [7, 11) is 3.19. The van der Waals surface area contributed by atoms with Crippen molar-refractivity contribution >= 4 is 0 Å². The molecule has 0 N–H and O–H groups in total. The first-order valence-electron chi connectivity index (χ1n) is 5.63. The third kappa shape index (κ3) is 2.45. The van der Waals surface area contributed by atoms with Crippen LogP contribution in [-0.4, -0.2) is 14.2 Å². The number of rotatable bonds is 3. The van der Waals surface area contributed by atoms with Crippen molar-refractivity contribution in [3.63, 3.8) is 0 Å². The first kappa shape index (κ1) is 12.4. The zero-order chi connectivity index (χ0) is 13.1. The van der Waals surface area contributed by atoms with Crippen LogP contribution in [0.1, 0.15) is 5.56 Å². The summed E-state index contributed by atoms with van der Waals surface area (Å²) < 4.78 is 23.8. The lowest BCUT2D eigenvalue weighted by atomic mass is 10.00. The average Bonchev–Trinajstić information content (AvgIpc) is 2.40. The van der Waals surface area contributed by atoms with E-state index >= 15 is 0 Å². The van der Waals surface area contributed by atoms with Crippen LogP contribution in [0.15, 0.2) is 36.4 Å². The van der Waals surface area contributed by atoms with Crippen LogP contribution in [0, 0.1) is 12.7 Å². The lowest BCUT2D eigenvalue weighted by molar-refractivity contribution is 0.394. The van der Waals surface area contributed by atoms with Crippen LogP contribution in [-0.2, 0) is 0 Å². The fourth-order valence-corrected chi connectivity index (χ4v) is 1.87. The Bertz CT molecular complexity index is 542. The summed E-state index contributed by atoms with van der Waals surface area (Å²) in [6.07, 6.45) is 0. The molecule has 0 aliphatic rings. The van der Waals surface area contributed by atoms with Crippen LogP contribution < -0.4 is 9.47 Å². The Kier molecular flexibility index (Phi) is 3.51. The van der Waals surface area contributed by atoms with E-state index < -0.39 is 0 Å². The Labute approximate surface area is 106 Å². The van der Waals surface area contributed by atoms with Crippen molar-refractivity contribution in [1.82, 2.24) is 0 Å². The summed E-state index contributed by atoms with van der Waals surface area (Å²) in [5.41, 5.74) is 2.72. The van der Waals surface area contributed by atoms with Crippen LogP contribution in [0.2, 0.25) is 0 Å². The highest BCUT2D eigenvalue weighted by Gasteiger charge is 2.07. The van der Waals surface area contributed by atoms with Crippen LogP contribution in [0.5, 0.6) is 11.5 Å². The van der Waals surface area contributed by atoms with Crippen LogP contribution in [0.3, 0.4) is 0 Å². The minimum absolute atomic E-state index is 0.252. The summed E-state index contributed by atoms with van der Waals surface area (Å²) in [4.78, 5) is 0. The second-order valence-corrected chi connectivity index (χ2v) is 4.06. The molecule has 0 saturated heterocycles. The Morgan fingerprint density at radius 3 is 2.06 bits per heavy atom. The zero-order valence-electron chi connectivity index (χ0n) is 10.7. The van der Waals surface area contributed by atoms with Crippen molar-refractivity contribution in [3.8, 4) is 22.6 Å². The van der Waals surface area contributed by atoms with E-state index in [1.54, 1.807) is 26.4 Å². The smallest absolute Gasteiger partial charge is 0.123 e. The molecule has 0 heterocycles. The summed E-state index contributed by atoms with van der Waals surface area (Å²) in [6, 6.07) is 10.3. The molecule has 2 aromatic rings. The molecule has 2 nitrogen and oxygen atoms in total. The van der Waals surface area contributed by atoms with Crippen molar-refractivity contribution in [2.24, 2.45) is 0 Å². The highest BCUT2D eigenvalue weighted by molar-refractivity contribution is 5.70. The molecule has 0 aromatic heterocycles. The molecular weight excluding hydrogens is 231 g/mol. The van der Waals surface area contributed by atoms with Gasteiger partial charge in [-0.05, 0) is 47.9 Å². The number of ether oxygens (including phenoxy) is 2. The maximum Gasteiger partial charge on any atom is 0.123 e. The van der Waals surface area contributed by atoms with E-state index in [0.29, 0.717) is 11.5 Å². The molecule has 0 spiro atoms. The summed E-state index contributed by atoms with van der Waals surface area (Å²) in [5, 5.41) is 0. The van der Waals surface area contributed by atoms with Gasteiger partial charge in [0.2, 0.25) is 0 Å². The van der Waals surface area contributed by atoms with Crippen molar-refractivity contribution in [1.29, 1.82) is 0 Å². The average molecular weight is 246 g/mol. The van der Waals surface area contributed by atoms with Crippen molar-refractivity contribution in [3.05, 3.63) is 47.8 Å². The van der Waals surface area contributed by atoms with E-state index in [1.165, 1.54) is 12.1 Å². The lowest BCUT2D eigenvalue weighted by Gasteiger charge is -2.10. The highest BCUT2D eigenvalue weighted by Crippen LogP contribution is 2.31. The van der Waals surface area contributed by atoms with Gasteiger partial charge in [-0.2, -0.15) is 0 Å². The molecule has 0 radical (unpaired) electrons. The Morgan fingerprint density at radius 1 is 0.889 bits per heavy atom.